The molecule has 0 radical (unpaired) electrons. The second kappa shape index (κ2) is 4.19. The van der Waals surface area contributed by atoms with E-state index < -0.39 is 0 Å². The Morgan fingerprint density at radius 3 is 2.67 bits per heavy atom. The predicted octanol–water partition coefficient (Wildman–Crippen LogP) is 4.12. The number of nitrogens with one attached hydrogen (secondary N) is 1. The highest BCUT2D eigenvalue weighted by Crippen LogP contribution is 2.36. The van der Waals surface area contributed by atoms with Crippen LogP contribution in [0.3, 0.4) is 0 Å². The molecule has 3 nitrogen and oxygen atoms in total. The number of nitrogens with zero attached hydrogens (tertiary/aromatic N) is 1. The minimum Gasteiger partial charge on any atom is -0.397 e. The fourth-order valence-electron chi connectivity index (χ4n) is 1.96. The number of halogens is 2. The molecule has 2 aromatic carbocycles. The first kappa shape index (κ1) is 11.4. The maximum atomic E-state index is 6.21. The molecule has 0 aliphatic heterocycles. The number of aromatic amines is 1. The van der Waals surface area contributed by atoms with Crippen LogP contribution in [0.2, 0.25) is 10.0 Å². The summed E-state index contributed by atoms with van der Waals surface area (Å²) in [6.45, 7) is 0. The second-order valence-corrected chi connectivity index (χ2v) is 4.73. The van der Waals surface area contributed by atoms with Gasteiger partial charge in [0.2, 0.25) is 0 Å². The number of hydrogen-bond donors (Lipinski definition) is 2. The Morgan fingerprint density at radius 2 is 1.83 bits per heavy atom. The van der Waals surface area contributed by atoms with E-state index in [1.54, 1.807) is 6.07 Å². The van der Waals surface area contributed by atoms with Crippen molar-refractivity contribution < 1.29 is 0 Å². The zero-order chi connectivity index (χ0) is 12.7. The number of H-pyrrole nitrogens is 1. The Kier molecular flexibility index (Phi) is 2.65. The molecule has 0 amide bonds. The zero-order valence-corrected chi connectivity index (χ0v) is 10.8. The minimum atomic E-state index is 0.495. The van der Waals surface area contributed by atoms with Gasteiger partial charge in [0.1, 0.15) is 5.69 Å². The van der Waals surface area contributed by atoms with Crippen LogP contribution in [-0.4, -0.2) is 10.2 Å². The molecule has 0 spiro atoms. The van der Waals surface area contributed by atoms with Crippen LogP contribution in [0.25, 0.3) is 22.2 Å². The third-order valence-corrected chi connectivity index (χ3v) is 3.66. The summed E-state index contributed by atoms with van der Waals surface area (Å²) in [5, 5.41) is 9.14. The van der Waals surface area contributed by atoms with Gasteiger partial charge < -0.3 is 5.73 Å². The van der Waals surface area contributed by atoms with Crippen molar-refractivity contribution in [3.8, 4) is 11.3 Å². The van der Waals surface area contributed by atoms with E-state index in [1.807, 2.05) is 30.3 Å². The highest BCUT2D eigenvalue weighted by molar-refractivity contribution is 6.43. The van der Waals surface area contributed by atoms with Gasteiger partial charge in [-0.2, -0.15) is 5.10 Å². The van der Waals surface area contributed by atoms with E-state index >= 15 is 0 Å². The van der Waals surface area contributed by atoms with Gasteiger partial charge in [0.05, 0.1) is 21.2 Å². The standard InChI is InChI=1S/C13H9Cl2N3/c14-9-5-1-3-7(11(9)15)12-8-4-2-6-10(16)13(8)18-17-12/h1-6H,16H2,(H,17,18). The van der Waals surface area contributed by atoms with Crippen LogP contribution in [0.15, 0.2) is 36.4 Å². The van der Waals surface area contributed by atoms with Gasteiger partial charge in [0.25, 0.3) is 0 Å². The smallest absolute Gasteiger partial charge is 0.102 e. The van der Waals surface area contributed by atoms with Crippen molar-refractivity contribution in [3.05, 3.63) is 46.4 Å². The van der Waals surface area contributed by atoms with E-state index in [-0.39, 0.29) is 0 Å². The second-order valence-electron chi connectivity index (χ2n) is 3.94. The number of nitrogens with two attached hydrogens (primary N) is 1. The number of aromatic nitrogens is 2. The Bertz CT molecular complexity index is 734. The summed E-state index contributed by atoms with van der Waals surface area (Å²) in [5.41, 5.74) is 8.90. The van der Waals surface area contributed by atoms with Gasteiger partial charge in [-0.25, -0.2) is 0 Å². The first-order valence-corrected chi connectivity index (χ1v) is 6.11. The summed E-state index contributed by atoms with van der Waals surface area (Å²) in [6, 6.07) is 11.1. The van der Waals surface area contributed by atoms with Gasteiger partial charge in [-0.05, 0) is 12.1 Å². The molecular formula is C13H9Cl2N3. The molecule has 0 aliphatic carbocycles. The lowest BCUT2D eigenvalue weighted by Gasteiger charge is -2.03. The average Bonchev–Trinajstić information content (AvgIpc) is 2.78. The molecule has 90 valence electrons. The normalized spacial score (nSPS) is 11.0. The van der Waals surface area contributed by atoms with Crippen molar-refractivity contribution in [2.45, 2.75) is 0 Å². The molecular weight excluding hydrogens is 269 g/mol. The Labute approximate surface area is 114 Å². The highest BCUT2D eigenvalue weighted by atomic mass is 35.5. The van der Waals surface area contributed by atoms with E-state index in [0.29, 0.717) is 15.7 Å². The number of hydrogen-bond acceptors (Lipinski definition) is 2. The summed E-state index contributed by atoms with van der Waals surface area (Å²) in [6.07, 6.45) is 0. The number of anilines is 1. The van der Waals surface area contributed by atoms with Gasteiger partial charge >= 0.3 is 0 Å². The van der Waals surface area contributed by atoms with Crippen LogP contribution in [0.4, 0.5) is 5.69 Å². The molecule has 18 heavy (non-hydrogen) atoms. The van der Waals surface area contributed by atoms with E-state index in [9.17, 15) is 0 Å². The predicted molar refractivity (Wildman–Crippen MR) is 76.0 cm³/mol. The van der Waals surface area contributed by atoms with Crippen LogP contribution < -0.4 is 5.73 Å². The Morgan fingerprint density at radius 1 is 1.06 bits per heavy atom. The van der Waals surface area contributed by atoms with Crippen molar-refractivity contribution in [1.29, 1.82) is 0 Å². The number of rotatable bonds is 1. The Hall–Kier alpha value is -1.71. The quantitative estimate of drug-likeness (QED) is 0.658. The monoisotopic (exact) mass is 277 g/mol. The third-order valence-electron chi connectivity index (χ3n) is 2.84. The molecule has 0 saturated heterocycles. The molecule has 0 saturated carbocycles. The zero-order valence-electron chi connectivity index (χ0n) is 9.24. The van der Waals surface area contributed by atoms with Gasteiger partial charge in [0.15, 0.2) is 0 Å². The number of para-hydroxylation sites is 1. The fraction of sp³-hybridized carbons (Fsp3) is 0. The molecule has 1 aromatic heterocycles. The number of nitrogen functional groups attached to an aromatic ring is 1. The topological polar surface area (TPSA) is 54.7 Å². The lowest BCUT2D eigenvalue weighted by atomic mass is 10.1. The summed E-state index contributed by atoms with van der Waals surface area (Å²) in [7, 11) is 0. The molecule has 3 N–H and O–H groups in total. The van der Waals surface area contributed by atoms with Crippen LogP contribution >= 0.6 is 23.2 Å². The van der Waals surface area contributed by atoms with Gasteiger partial charge in [-0.3, -0.25) is 5.10 Å². The SMILES string of the molecule is Nc1cccc2c(-c3cccc(Cl)c3Cl)n[nH]c12. The van der Waals surface area contributed by atoms with Crippen molar-refractivity contribution >= 4 is 39.8 Å². The number of fused-ring (bicyclic) bond motifs is 1. The molecule has 3 aromatic rings. The summed E-state index contributed by atoms with van der Waals surface area (Å²) < 4.78 is 0. The molecule has 5 heteroatoms. The lowest BCUT2D eigenvalue weighted by Crippen LogP contribution is -1.85. The van der Waals surface area contributed by atoms with Gasteiger partial charge in [-0.15, -0.1) is 0 Å². The van der Waals surface area contributed by atoms with Crippen LogP contribution in [-0.2, 0) is 0 Å². The van der Waals surface area contributed by atoms with Gasteiger partial charge in [0, 0.05) is 10.9 Å². The molecule has 0 unspecified atom stereocenters. The van der Waals surface area contributed by atoms with Crippen molar-refractivity contribution in [3.63, 3.8) is 0 Å². The van der Waals surface area contributed by atoms with Crippen molar-refractivity contribution in [2.75, 3.05) is 5.73 Å². The molecule has 0 atom stereocenters. The molecule has 0 bridgehead atoms. The maximum Gasteiger partial charge on any atom is 0.102 e. The first-order chi connectivity index (χ1) is 8.68. The van der Waals surface area contributed by atoms with Crippen molar-refractivity contribution in [1.82, 2.24) is 10.2 Å². The van der Waals surface area contributed by atoms with E-state index in [0.717, 1.165) is 22.2 Å². The molecule has 3 rings (SSSR count). The fourth-order valence-corrected chi connectivity index (χ4v) is 2.35. The summed E-state index contributed by atoms with van der Waals surface area (Å²) in [5.74, 6) is 0. The van der Waals surface area contributed by atoms with E-state index in [4.69, 9.17) is 28.9 Å². The summed E-state index contributed by atoms with van der Waals surface area (Å²) >= 11 is 12.2. The third kappa shape index (κ3) is 1.64. The molecule has 1 heterocycles. The van der Waals surface area contributed by atoms with Crippen LogP contribution in [0, 0.1) is 0 Å². The summed E-state index contributed by atoms with van der Waals surface area (Å²) in [4.78, 5) is 0. The average molecular weight is 278 g/mol. The Balaban J connectivity index is 2.33. The molecule has 0 aliphatic rings. The van der Waals surface area contributed by atoms with Gasteiger partial charge in [-0.1, -0.05) is 47.5 Å². The van der Waals surface area contributed by atoms with Crippen LogP contribution in [0.5, 0.6) is 0 Å². The maximum absolute atomic E-state index is 6.21. The van der Waals surface area contributed by atoms with E-state index in [2.05, 4.69) is 10.2 Å². The first-order valence-electron chi connectivity index (χ1n) is 5.35. The molecule has 0 fully saturated rings. The largest absolute Gasteiger partial charge is 0.397 e. The lowest BCUT2D eigenvalue weighted by molar-refractivity contribution is 1.12. The van der Waals surface area contributed by atoms with Crippen molar-refractivity contribution in [2.24, 2.45) is 0 Å². The van der Waals surface area contributed by atoms with E-state index in [1.165, 1.54) is 0 Å². The van der Waals surface area contributed by atoms with Crippen LogP contribution in [0.1, 0.15) is 0 Å². The number of benzene rings is 2. The highest BCUT2D eigenvalue weighted by Gasteiger charge is 2.13. The minimum absolute atomic E-state index is 0.495.